The summed E-state index contributed by atoms with van der Waals surface area (Å²) in [6.45, 7) is 4.03. The molecule has 0 saturated carbocycles. The number of carbonyl (C=O) groups is 2. The molecule has 1 saturated heterocycles. The summed E-state index contributed by atoms with van der Waals surface area (Å²) in [5, 5.41) is 47.1. The molecule has 0 aliphatic carbocycles. The van der Waals surface area contributed by atoms with Crippen LogP contribution in [0.4, 0.5) is 10.6 Å². The molecule has 14 nitrogen and oxygen atoms in total. The number of amides is 1. The van der Waals surface area contributed by atoms with Gasteiger partial charge in [0, 0.05) is 13.2 Å². The maximum Gasteiger partial charge on any atom is 0.413 e. The first-order valence-electron chi connectivity index (χ1n) is 11.3. The van der Waals surface area contributed by atoms with Crippen LogP contribution in [0.15, 0.2) is 31.9 Å². The van der Waals surface area contributed by atoms with E-state index in [0.29, 0.717) is 5.76 Å². The Kier molecular flexibility index (Phi) is 7.16. The summed E-state index contributed by atoms with van der Waals surface area (Å²) in [7, 11) is 1.29. The van der Waals surface area contributed by atoms with Gasteiger partial charge >= 0.3 is 17.7 Å². The zero-order chi connectivity index (χ0) is 27.9. The summed E-state index contributed by atoms with van der Waals surface area (Å²) in [6, 6.07) is 4.18. The number of carboxylic acids is 1. The first-order valence-corrected chi connectivity index (χ1v) is 11.3. The van der Waals surface area contributed by atoms with E-state index in [1.54, 1.807) is 6.92 Å². The van der Waals surface area contributed by atoms with Crippen LogP contribution in [0, 0.1) is 13.8 Å². The molecule has 38 heavy (non-hydrogen) atoms. The Labute approximate surface area is 214 Å². The van der Waals surface area contributed by atoms with Crippen LogP contribution in [-0.4, -0.2) is 75.3 Å². The van der Waals surface area contributed by atoms with Crippen LogP contribution in [0.25, 0.3) is 11.0 Å². The van der Waals surface area contributed by atoms with E-state index in [2.05, 4.69) is 10.5 Å². The van der Waals surface area contributed by atoms with E-state index in [4.69, 9.17) is 23.2 Å². The third-order valence-electron chi connectivity index (χ3n) is 6.47. The van der Waals surface area contributed by atoms with E-state index in [0.717, 1.165) is 0 Å². The highest BCUT2D eigenvalue weighted by Crippen LogP contribution is 2.43. The number of ether oxygens (including phenoxy) is 3. The SMILES string of the molecule is CO[C@@H]1[C@H](OC(=O)Nc2cc(C)on2)[C@@H](O)[C@H](c2ccc3c(O)c(C(=O)O)c(=O)oc3c2C)O[C@]1(C)CO. The number of aromatic carboxylic acids is 1. The van der Waals surface area contributed by atoms with Crippen molar-refractivity contribution in [3.05, 3.63) is 51.1 Å². The molecule has 1 amide bonds. The number of aromatic hydroxyl groups is 1. The minimum atomic E-state index is -1.66. The maximum absolute atomic E-state index is 12.6. The number of anilines is 1. The molecular weight excluding hydrogens is 508 g/mol. The van der Waals surface area contributed by atoms with Gasteiger partial charge in [0.1, 0.15) is 41.0 Å². The van der Waals surface area contributed by atoms with E-state index in [1.807, 2.05) is 0 Å². The van der Waals surface area contributed by atoms with Crippen molar-refractivity contribution in [2.45, 2.75) is 50.8 Å². The number of benzene rings is 1. The number of carbonyl (C=O) groups excluding carboxylic acids is 1. The Morgan fingerprint density at radius 3 is 2.55 bits per heavy atom. The molecule has 0 spiro atoms. The third-order valence-corrected chi connectivity index (χ3v) is 6.47. The van der Waals surface area contributed by atoms with Gasteiger partial charge in [0.15, 0.2) is 17.5 Å². The summed E-state index contributed by atoms with van der Waals surface area (Å²) < 4.78 is 27.1. The first-order chi connectivity index (χ1) is 17.9. The minimum absolute atomic E-state index is 0.0525. The van der Waals surface area contributed by atoms with Crippen LogP contribution < -0.4 is 10.9 Å². The average molecular weight is 534 g/mol. The predicted octanol–water partition coefficient (Wildman–Crippen LogP) is 1.62. The van der Waals surface area contributed by atoms with Crippen molar-refractivity contribution < 1.29 is 53.2 Å². The van der Waals surface area contributed by atoms with E-state index in [-0.39, 0.29) is 27.9 Å². The van der Waals surface area contributed by atoms with E-state index >= 15 is 0 Å². The Morgan fingerprint density at radius 1 is 1.26 bits per heavy atom. The number of aromatic nitrogens is 1. The number of hydrogen-bond acceptors (Lipinski definition) is 12. The topological polar surface area (TPSA) is 211 Å². The number of methoxy groups -OCH3 is 1. The van der Waals surface area contributed by atoms with Crippen molar-refractivity contribution in [2.24, 2.45) is 0 Å². The van der Waals surface area contributed by atoms with Gasteiger partial charge in [-0.1, -0.05) is 11.2 Å². The molecular formula is C24H26N2O12. The highest BCUT2D eigenvalue weighted by molar-refractivity contribution is 5.98. The van der Waals surface area contributed by atoms with E-state index in [9.17, 15) is 34.8 Å². The molecule has 3 heterocycles. The maximum atomic E-state index is 12.6. The van der Waals surface area contributed by atoms with Gasteiger partial charge in [-0.3, -0.25) is 5.32 Å². The molecule has 5 atom stereocenters. The highest BCUT2D eigenvalue weighted by atomic mass is 16.6. The van der Waals surface area contributed by atoms with Crippen LogP contribution in [0.3, 0.4) is 0 Å². The lowest BCUT2D eigenvalue weighted by Gasteiger charge is -2.49. The van der Waals surface area contributed by atoms with Crippen LogP contribution in [-0.2, 0) is 14.2 Å². The third kappa shape index (κ3) is 4.58. The molecule has 3 aromatic rings. The summed E-state index contributed by atoms with van der Waals surface area (Å²) in [5.74, 6) is -1.92. The molecule has 2 aromatic heterocycles. The van der Waals surface area contributed by atoms with E-state index in [1.165, 1.54) is 39.2 Å². The summed E-state index contributed by atoms with van der Waals surface area (Å²) in [4.78, 5) is 36.2. The Morgan fingerprint density at radius 2 is 1.97 bits per heavy atom. The molecule has 0 bridgehead atoms. The summed E-state index contributed by atoms with van der Waals surface area (Å²) in [5.41, 5.74) is -3.32. The number of rotatable bonds is 6. The number of carboxylic acid groups (broad SMARTS) is 1. The number of aliphatic hydroxyl groups is 2. The largest absolute Gasteiger partial charge is 0.506 e. The van der Waals surface area contributed by atoms with Crippen molar-refractivity contribution in [3.63, 3.8) is 0 Å². The number of aliphatic hydroxyl groups excluding tert-OH is 2. The second-order valence-corrected chi connectivity index (χ2v) is 9.05. The Balaban J connectivity index is 1.75. The lowest BCUT2D eigenvalue weighted by Crippen LogP contribution is -2.63. The zero-order valence-corrected chi connectivity index (χ0v) is 20.8. The molecule has 4 rings (SSSR count). The second kappa shape index (κ2) is 10.1. The molecule has 5 N–H and O–H groups in total. The smallest absolute Gasteiger partial charge is 0.413 e. The second-order valence-electron chi connectivity index (χ2n) is 9.05. The van der Waals surface area contributed by atoms with Crippen molar-refractivity contribution >= 4 is 28.8 Å². The van der Waals surface area contributed by atoms with Crippen molar-refractivity contribution in [2.75, 3.05) is 19.0 Å². The van der Waals surface area contributed by atoms with Gasteiger partial charge in [-0.15, -0.1) is 0 Å². The monoisotopic (exact) mass is 534 g/mol. The molecule has 0 unspecified atom stereocenters. The van der Waals surface area contributed by atoms with Crippen molar-refractivity contribution in [1.82, 2.24) is 5.16 Å². The van der Waals surface area contributed by atoms with Gasteiger partial charge < -0.3 is 43.6 Å². The lowest BCUT2D eigenvalue weighted by molar-refractivity contribution is -0.278. The molecule has 1 fully saturated rings. The Hall–Kier alpha value is -3.98. The van der Waals surface area contributed by atoms with Gasteiger partial charge in [0.2, 0.25) is 0 Å². The zero-order valence-electron chi connectivity index (χ0n) is 20.8. The molecule has 1 aromatic carbocycles. The normalized spacial score (nSPS) is 25.3. The van der Waals surface area contributed by atoms with Crippen LogP contribution in [0.5, 0.6) is 5.75 Å². The van der Waals surface area contributed by atoms with E-state index < -0.39 is 65.6 Å². The molecule has 204 valence electrons. The van der Waals surface area contributed by atoms with Gasteiger partial charge in [0.05, 0.1) is 12.0 Å². The first kappa shape index (κ1) is 27.1. The summed E-state index contributed by atoms with van der Waals surface area (Å²) in [6.07, 6.45) is -6.28. The van der Waals surface area contributed by atoms with Gasteiger partial charge in [0.25, 0.3) is 0 Å². The highest BCUT2D eigenvalue weighted by Gasteiger charge is 2.54. The minimum Gasteiger partial charge on any atom is -0.506 e. The number of nitrogens with zero attached hydrogens (tertiary/aromatic N) is 1. The summed E-state index contributed by atoms with van der Waals surface area (Å²) >= 11 is 0. The van der Waals surface area contributed by atoms with Gasteiger partial charge in [-0.2, -0.15) is 0 Å². The molecule has 1 aliphatic heterocycles. The molecule has 14 heteroatoms. The predicted molar refractivity (Wildman–Crippen MR) is 127 cm³/mol. The fourth-order valence-corrected chi connectivity index (χ4v) is 4.60. The molecule has 1 aliphatic rings. The van der Waals surface area contributed by atoms with Crippen molar-refractivity contribution in [3.8, 4) is 5.75 Å². The average Bonchev–Trinajstić information content (AvgIpc) is 3.26. The van der Waals surface area contributed by atoms with Crippen molar-refractivity contribution in [1.29, 1.82) is 0 Å². The Bertz CT molecular complexity index is 1450. The number of fused-ring (bicyclic) bond motifs is 1. The fraction of sp³-hybridized carbons (Fsp3) is 0.417. The van der Waals surface area contributed by atoms with Gasteiger partial charge in [-0.25, -0.2) is 14.4 Å². The number of hydrogen-bond donors (Lipinski definition) is 5. The number of aryl methyl sites for hydroxylation is 2. The van der Waals surface area contributed by atoms with Crippen LogP contribution >= 0.6 is 0 Å². The quantitative estimate of drug-likeness (QED) is 0.285. The van der Waals surface area contributed by atoms with Crippen LogP contribution in [0.1, 0.15) is 40.3 Å². The fourth-order valence-electron chi connectivity index (χ4n) is 4.60. The number of nitrogens with one attached hydrogen (secondary N) is 1. The lowest BCUT2D eigenvalue weighted by atomic mass is 9.83. The van der Waals surface area contributed by atoms with Gasteiger partial charge in [-0.05, 0) is 38.0 Å². The standard InChI is InChI=1S/C24H26N2O12/c1-9-7-13(26-38-9)25-23(33)36-19-16(29)18(37-24(3,8-27)20(19)34-4)11-5-6-12-15(28)14(21(30)31)22(32)35-17(12)10(11)2/h5-7,16,18-20,27-29H,8H2,1-4H3,(H,30,31)(H,25,26,33)/t16-,18-,19+,20+,24+/m0/s1. The molecule has 0 radical (unpaired) electrons. The van der Waals surface area contributed by atoms with Crippen LogP contribution in [0.2, 0.25) is 0 Å².